The minimum absolute atomic E-state index is 0.0326. The number of aliphatic hydroxyl groups is 1. The summed E-state index contributed by atoms with van der Waals surface area (Å²) < 4.78 is 1.20. The van der Waals surface area contributed by atoms with Crippen LogP contribution in [0.2, 0.25) is 0 Å². The van der Waals surface area contributed by atoms with Crippen LogP contribution in [-0.2, 0) is 11.8 Å². The summed E-state index contributed by atoms with van der Waals surface area (Å²) in [6.07, 6.45) is 1.58. The number of nitrogens with one attached hydrogen (secondary N) is 2. The smallest absolute Gasteiger partial charge is 0.327 e. The molecule has 116 valence electrons. The van der Waals surface area contributed by atoms with E-state index in [1.54, 1.807) is 6.92 Å². The van der Waals surface area contributed by atoms with E-state index in [4.69, 9.17) is 0 Å². The Morgan fingerprint density at radius 2 is 2.00 bits per heavy atom. The first-order chi connectivity index (χ1) is 9.91. The van der Waals surface area contributed by atoms with Gasteiger partial charge in [-0.05, 0) is 26.2 Å². The number of aromatic nitrogens is 2. The molecule has 0 aromatic carbocycles. The number of fused-ring (bicyclic) bond motifs is 1. The van der Waals surface area contributed by atoms with Crippen molar-refractivity contribution < 1.29 is 14.7 Å². The van der Waals surface area contributed by atoms with Crippen LogP contribution in [0.5, 0.6) is 0 Å². The Balaban J connectivity index is 2.13. The van der Waals surface area contributed by atoms with Crippen molar-refractivity contribution in [1.29, 1.82) is 0 Å². The zero-order valence-electron chi connectivity index (χ0n) is 12.2. The third-order valence-corrected chi connectivity index (χ3v) is 3.53. The number of hydrogen-bond acceptors (Lipinski definition) is 5. The van der Waals surface area contributed by atoms with Gasteiger partial charge >= 0.3 is 5.69 Å². The van der Waals surface area contributed by atoms with Crippen LogP contribution in [0.15, 0.2) is 4.79 Å². The van der Waals surface area contributed by atoms with E-state index in [0.29, 0.717) is 12.8 Å². The number of carbonyl (C=O) groups excluding carboxylic acids is 2. The first kappa shape index (κ1) is 15.3. The number of imidazole rings is 1. The lowest BCUT2D eigenvalue weighted by Gasteiger charge is -2.18. The fourth-order valence-corrected chi connectivity index (χ4v) is 2.33. The van der Waals surface area contributed by atoms with E-state index in [1.165, 1.54) is 11.6 Å². The van der Waals surface area contributed by atoms with Gasteiger partial charge in [0.2, 0.25) is 5.91 Å². The monoisotopic (exact) mass is 296 g/mol. The molecule has 1 aliphatic rings. The maximum absolute atomic E-state index is 12.4. The van der Waals surface area contributed by atoms with E-state index in [2.05, 4.69) is 10.3 Å². The molecule has 1 aromatic heterocycles. The van der Waals surface area contributed by atoms with Crippen LogP contribution in [-0.4, -0.2) is 50.6 Å². The lowest BCUT2D eigenvalue weighted by Crippen LogP contribution is -2.40. The third-order valence-electron chi connectivity index (χ3n) is 3.53. The molecule has 21 heavy (non-hydrogen) atoms. The second-order valence-electron chi connectivity index (χ2n) is 5.26. The van der Waals surface area contributed by atoms with Gasteiger partial charge in [0.25, 0.3) is 5.91 Å². The molecule has 8 nitrogen and oxygen atoms in total. The zero-order chi connectivity index (χ0) is 15.6. The summed E-state index contributed by atoms with van der Waals surface area (Å²) in [5.41, 5.74) is -0.231. The number of imide groups is 1. The number of nitrogens with zero attached hydrogens (tertiary/aromatic N) is 2. The van der Waals surface area contributed by atoms with E-state index in [0.717, 1.165) is 11.3 Å². The summed E-state index contributed by atoms with van der Waals surface area (Å²) in [6.45, 7) is 1.95. The molecular weight excluding hydrogens is 276 g/mol. The van der Waals surface area contributed by atoms with Gasteiger partial charge in [0.05, 0.1) is 12.6 Å². The molecule has 1 atom stereocenters. The number of aromatic amines is 1. The molecule has 1 aliphatic heterocycles. The van der Waals surface area contributed by atoms with Crippen LogP contribution in [0, 0.1) is 0 Å². The highest BCUT2D eigenvalue weighted by Crippen LogP contribution is 2.17. The molecule has 1 unspecified atom stereocenters. The van der Waals surface area contributed by atoms with Crippen molar-refractivity contribution in [2.75, 3.05) is 18.4 Å². The van der Waals surface area contributed by atoms with E-state index in [-0.39, 0.29) is 36.6 Å². The average molecular weight is 296 g/mol. The number of amides is 2. The zero-order valence-corrected chi connectivity index (χ0v) is 12.2. The first-order valence-electron chi connectivity index (χ1n) is 6.97. The normalized spacial score (nSPS) is 16.4. The molecule has 2 rings (SSSR count). The Morgan fingerprint density at radius 3 is 2.67 bits per heavy atom. The quantitative estimate of drug-likeness (QED) is 0.509. The number of hydrogen-bond donors (Lipinski definition) is 3. The highest BCUT2D eigenvalue weighted by atomic mass is 16.3. The molecule has 0 saturated carbocycles. The minimum Gasteiger partial charge on any atom is -0.393 e. The van der Waals surface area contributed by atoms with E-state index in [1.807, 2.05) is 0 Å². The molecule has 0 fully saturated rings. The van der Waals surface area contributed by atoms with E-state index < -0.39 is 11.6 Å². The van der Waals surface area contributed by atoms with Crippen LogP contribution in [0.4, 0.5) is 5.82 Å². The highest BCUT2D eigenvalue weighted by Gasteiger charge is 2.31. The highest BCUT2D eigenvalue weighted by molar-refractivity contribution is 6.09. The maximum atomic E-state index is 12.4. The van der Waals surface area contributed by atoms with Crippen LogP contribution >= 0.6 is 0 Å². The average Bonchev–Trinajstić information content (AvgIpc) is 2.64. The van der Waals surface area contributed by atoms with Crippen molar-refractivity contribution >= 4 is 17.6 Å². The van der Waals surface area contributed by atoms with E-state index in [9.17, 15) is 19.5 Å². The SMILES string of the molecule is CC(O)CCCCN1C(=O)CNc2[nH]c(=O)n(C)c2C1=O. The van der Waals surface area contributed by atoms with Crippen LogP contribution < -0.4 is 11.0 Å². The van der Waals surface area contributed by atoms with Crippen molar-refractivity contribution in [3.63, 3.8) is 0 Å². The van der Waals surface area contributed by atoms with Crippen molar-refractivity contribution in [3.8, 4) is 0 Å². The third kappa shape index (κ3) is 3.15. The summed E-state index contributed by atoms with van der Waals surface area (Å²) in [4.78, 5) is 39.7. The second kappa shape index (κ2) is 6.13. The predicted molar refractivity (Wildman–Crippen MR) is 76.1 cm³/mol. The Morgan fingerprint density at radius 1 is 1.29 bits per heavy atom. The molecule has 0 saturated heterocycles. The number of anilines is 1. The lowest BCUT2D eigenvalue weighted by atomic mass is 10.1. The number of rotatable bonds is 5. The van der Waals surface area contributed by atoms with Crippen molar-refractivity contribution in [1.82, 2.24) is 14.5 Å². The van der Waals surface area contributed by atoms with Crippen LogP contribution in [0.1, 0.15) is 36.7 Å². The van der Waals surface area contributed by atoms with Crippen molar-refractivity contribution in [3.05, 3.63) is 16.2 Å². The summed E-state index contributed by atoms with van der Waals surface area (Å²) >= 11 is 0. The molecular formula is C13H20N4O4. The molecule has 0 spiro atoms. The topological polar surface area (TPSA) is 107 Å². The fourth-order valence-electron chi connectivity index (χ4n) is 2.33. The van der Waals surface area contributed by atoms with Gasteiger partial charge in [0.1, 0.15) is 5.82 Å². The Kier molecular flexibility index (Phi) is 4.46. The van der Waals surface area contributed by atoms with E-state index >= 15 is 0 Å². The van der Waals surface area contributed by atoms with Gasteiger partial charge in [-0.2, -0.15) is 0 Å². The number of aliphatic hydroxyl groups excluding tert-OH is 1. The minimum atomic E-state index is -0.474. The summed E-state index contributed by atoms with van der Waals surface area (Å²) in [5, 5.41) is 12.0. The Hall–Kier alpha value is -2.09. The number of H-pyrrole nitrogens is 1. The molecule has 2 amide bonds. The van der Waals surface area contributed by atoms with Crippen LogP contribution in [0.3, 0.4) is 0 Å². The Bertz CT molecular complexity index is 602. The fraction of sp³-hybridized carbons (Fsp3) is 0.615. The summed E-state index contributed by atoms with van der Waals surface area (Å²) in [7, 11) is 1.48. The Labute approximate surface area is 121 Å². The molecule has 1 aromatic rings. The first-order valence-corrected chi connectivity index (χ1v) is 6.97. The van der Waals surface area contributed by atoms with Crippen LogP contribution in [0.25, 0.3) is 0 Å². The maximum Gasteiger partial charge on any atom is 0.327 e. The van der Waals surface area contributed by atoms with Gasteiger partial charge in [0, 0.05) is 13.6 Å². The van der Waals surface area contributed by atoms with Gasteiger partial charge in [-0.3, -0.25) is 24.0 Å². The van der Waals surface area contributed by atoms with Gasteiger partial charge in [0.15, 0.2) is 5.69 Å². The molecule has 8 heteroatoms. The molecule has 0 aliphatic carbocycles. The predicted octanol–water partition coefficient (Wildman–Crippen LogP) is -0.341. The largest absolute Gasteiger partial charge is 0.393 e. The van der Waals surface area contributed by atoms with Gasteiger partial charge in [-0.1, -0.05) is 0 Å². The lowest BCUT2D eigenvalue weighted by molar-refractivity contribution is -0.126. The number of carbonyl (C=O) groups is 2. The number of unbranched alkanes of at least 4 members (excludes halogenated alkanes) is 1. The molecule has 0 radical (unpaired) electrons. The molecule has 3 N–H and O–H groups in total. The molecule has 2 heterocycles. The van der Waals surface area contributed by atoms with Crippen molar-refractivity contribution in [2.24, 2.45) is 7.05 Å². The van der Waals surface area contributed by atoms with Gasteiger partial charge < -0.3 is 10.4 Å². The van der Waals surface area contributed by atoms with Gasteiger partial charge in [-0.15, -0.1) is 0 Å². The summed E-state index contributed by atoms with van der Waals surface area (Å²) in [5.74, 6) is -0.515. The van der Waals surface area contributed by atoms with Gasteiger partial charge in [-0.25, -0.2) is 4.79 Å². The second-order valence-corrected chi connectivity index (χ2v) is 5.26. The van der Waals surface area contributed by atoms with Crippen molar-refractivity contribution in [2.45, 2.75) is 32.3 Å². The standard InChI is InChI=1S/C13H20N4O4/c1-8(18)5-3-4-6-17-9(19)7-14-11-10(12(17)20)16(2)13(21)15-11/h8,14,18H,3-7H2,1-2H3,(H,15,21). The summed E-state index contributed by atoms with van der Waals surface area (Å²) in [6, 6.07) is 0. The molecule has 0 bridgehead atoms.